The second kappa shape index (κ2) is 4.55. The van der Waals surface area contributed by atoms with Crippen LogP contribution in [0.1, 0.15) is 37.2 Å². The summed E-state index contributed by atoms with van der Waals surface area (Å²) >= 11 is 0. The van der Waals surface area contributed by atoms with Crippen molar-refractivity contribution >= 4 is 12.0 Å². The van der Waals surface area contributed by atoms with Gasteiger partial charge >= 0.3 is 5.97 Å². The van der Waals surface area contributed by atoms with Crippen molar-refractivity contribution in [1.82, 2.24) is 4.98 Å². The van der Waals surface area contributed by atoms with E-state index in [0.29, 0.717) is 18.7 Å². The quantitative estimate of drug-likeness (QED) is 0.793. The first-order valence-electron chi connectivity index (χ1n) is 5.58. The Labute approximate surface area is 94.2 Å². The van der Waals surface area contributed by atoms with E-state index in [4.69, 9.17) is 9.15 Å². The van der Waals surface area contributed by atoms with Gasteiger partial charge in [0.2, 0.25) is 0 Å². The third-order valence-corrected chi connectivity index (χ3v) is 2.69. The summed E-state index contributed by atoms with van der Waals surface area (Å²) in [5, 5.41) is 3.14. The van der Waals surface area contributed by atoms with Gasteiger partial charge in [-0.05, 0) is 25.7 Å². The summed E-state index contributed by atoms with van der Waals surface area (Å²) in [5.41, 5.74) is 0.219. The molecule has 0 atom stereocenters. The van der Waals surface area contributed by atoms with Gasteiger partial charge in [-0.1, -0.05) is 6.92 Å². The van der Waals surface area contributed by atoms with Gasteiger partial charge in [0.05, 0.1) is 6.61 Å². The van der Waals surface area contributed by atoms with E-state index < -0.39 is 5.97 Å². The molecule has 0 aliphatic heterocycles. The van der Waals surface area contributed by atoms with E-state index in [9.17, 15) is 4.79 Å². The summed E-state index contributed by atoms with van der Waals surface area (Å²) in [5.74, 6) is 0.318. The topological polar surface area (TPSA) is 64.4 Å². The molecule has 16 heavy (non-hydrogen) atoms. The van der Waals surface area contributed by atoms with Crippen LogP contribution in [0, 0.1) is 5.92 Å². The lowest BCUT2D eigenvalue weighted by Gasteiger charge is -2.32. The lowest BCUT2D eigenvalue weighted by atomic mass is 9.82. The maximum Gasteiger partial charge on any atom is 0.360 e. The van der Waals surface area contributed by atoms with Crippen molar-refractivity contribution in [3.05, 3.63) is 12.0 Å². The van der Waals surface area contributed by atoms with Crippen molar-refractivity contribution in [2.45, 2.75) is 32.7 Å². The Balaban J connectivity index is 1.89. The summed E-state index contributed by atoms with van der Waals surface area (Å²) in [7, 11) is 0. The molecule has 0 aromatic carbocycles. The van der Waals surface area contributed by atoms with Crippen molar-refractivity contribution in [1.29, 1.82) is 0 Å². The van der Waals surface area contributed by atoms with E-state index in [-0.39, 0.29) is 5.69 Å². The SMILES string of the molecule is CCOC(=O)c1coc(NC2CC(C)C2)n1. The molecule has 1 aliphatic rings. The Morgan fingerprint density at radius 1 is 1.69 bits per heavy atom. The van der Waals surface area contributed by atoms with E-state index in [2.05, 4.69) is 17.2 Å². The average Bonchev–Trinajstić information content (AvgIpc) is 2.64. The predicted octanol–water partition coefficient (Wildman–Crippen LogP) is 2.06. The number of aromatic nitrogens is 1. The lowest BCUT2D eigenvalue weighted by Crippen LogP contribution is -2.33. The van der Waals surface area contributed by atoms with Gasteiger partial charge in [0.1, 0.15) is 6.26 Å². The third kappa shape index (κ3) is 2.35. The summed E-state index contributed by atoms with van der Waals surface area (Å²) < 4.78 is 9.97. The van der Waals surface area contributed by atoms with Crippen molar-refractivity contribution in [2.24, 2.45) is 5.92 Å². The maximum atomic E-state index is 11.3. The minimum atomic E-state index is -0.443. The molecule has 1 N–H and O–H groups in total. The molecule has 0 saturated heterocycles. The molecule has 0 spiro atoms. The molecule has 1 heterocycles. The number of oxazole rings is 1. The number of nitrogens with one attached hydrogen (secondary N) is 1. The molecule has 1 aromatic heterocycles. The zero-order valence-electron chi connectivity index (χ0n) is 9.53. The fraction of sp³-hybridized carbons (Fsp3) is 0.636. The van der Waals surface area contributed by atoms with Gasteiger partial charge in [0, 0.05) is 6.04 Å². The number of hydrogen-bond acceptors (Lipinski definition) is 5. The largest absolute Gasteiger partial charge is 0.461 e. The number of rotatable bonds is 4. The van der Waals surface area contributed by atoms with Gasteiger partial charge in [-0.25, -0.2) is 4.79 Å². The number of carbonyl (C=O) groups is 1. The maximum absolute atomic E-state index is 11.3. The van der Waals surface area contributed by atoms with Crippen molar-refractivity contribution in [3.63, 3.8) is 0 Å². The Bertz CT molecular complexity index is 369. The molecular weight excluding hydrogens is 208 g/mol. The molecule has 0 amide bonds. The Morgan fingerprint density at radius 2 is 2.44 bits per heavy atom. The predicted molar refractivity (Wildman–Crippen MR) is 58.3 cm³/mol. The van der Waals surface area contributed by atoms with Crippen LogP contribution in [0.2, 0.25) is 0 Å². The van der Waals surface area contributed by atoms with E-state index in [1.165, 1.54) is 6.26 Å². The fourth-order valence-corrected chi connectivity index (χ4v) is 1.83. The average molecular weight is 224 g/mol. The van der Waals surface area contributed by atoms with Gasteiger partial charge in [-0.2, -0.15) is 4.98 Å². The first-order valence-corrected chi connectivity index (χ1v) is 5.58. The summed E-state index contributed by atoms with van der Waals surface area (Å²) in [4.78, 5) is 15.3. The van der Waals surface area contributed by atoms with Crippen LogP contribution in [0.5, 0.6) is 0 Å². The van der Waals surface area contributed by atoms with Crippen molar-refractivity contribution in [2.75, 3.05) is 11.9 Å². The highest BCUT2D eigenvalue weighted by Gasteiger charge is 2.26. The highest BCUT2D eigenvalue weighted by Crippen LogP contribution is 2.29. The van der Waals surface area contributed by atoms with Gasteiger partial charge in [-0.3, -0.25) is 0 Å². The van der Waals surface area contributed by atoms with Crippen LogP contribution >= 0.6 is 0 Å². The van der Waals surface area contributed by atoms with Crippen LogP contribution in [0.15, 0.2) is 10.7 Å². The number of ether oxygens (including phenoxy) is 1. The number of hydrogen-bond donors (Lipinski definition) is 1. The van der Waals surface area contributed by atoms with Crippen molar-refractivity contribution in [3.8, 4) is 0 Å². The molecule has 1 aliphatic carbocycles. The molecule has 0 unspecified atom stereocenters. The minimum absolute atomic E-state index is 0.219. The number of anilines is 1. The Morgan fingerprint density at radius 3 is 3.06 bits per heavy atom. The van der Waals surface area contributed by atoms with Gasteiger partial charge < -0.3 is 14.5 Å². The molecule has 0 bridgehead atoms. The summed E-state index contributed by atoms with van der Waals surface area (Å²) in [6, 6.07) is 0.823. The van der Waals surface area contributed by atoms with E-state index in [1.54, 1.807) is 6.92 Å². The Hall–Kier alpha value is -1.52. The smallest absolute Gasteiger partial charge is 0.360 e. The van der Waals surface area contributed by atoms with Crippen LogP contribution in [-0.4, -0.2) is 23.6 Å². The van der Waals surface area contributed by atoms with Crippen LogP contribution in [0.25, 0.3) is 0 Å². The van der Waals surface area contributed by atoms with Gasteiger partial charge in [0.25, 0.3) is 6.01 Å². The van der Waals surface area contributed by atoms with E-state index >= 15 is 0 Å². The Kier molecular flexibility index (Phi) is 3.12. The molecule has 1 saturated carbocycles. The number of esters is 1. The van der Waals surface area contributed by atoms with Gasteiger partial charge in [0.15, 0.2) is 5.69 Å². The zero-order chi connectivity index (χ0) is 11.5. The monoisotopic (exact) mass is 224 g/mol. The zero-order valence-corrected chi connectivity index (χ0v) is 9.53. The first kappa shape index (κ1) is 11.0. The molecule has 2 rings (SSSR count). The molecule has 1 fully saturated rings. The van der Waals surface area contributed by atoms with Crippen LogP contribution < -0.4 is 5.32 Å². The second-order valence-electron chi connectivity index (χ2n) is 4.18. The van der Waals surface area contributed by atoms with Crippen LogP contribution in [0.3, 0.4) is 0 Å². The molecular formula is C11H16N2O3. The van der Waals surface area contributed by atoms with Crippen molar-refractivity contribution < 1.29 is 13.9 Å². The lowest BCUT2D eigenvalue weighted by molar-refractivity contribution is 0.0519. The molecule has 88 valence electrons. The highest BCUT2D eigenvalue weighted by atomic mass is 16.5. The van der Waals surface area contributed by atoms with Crippen LogP contribution in [-0.2, 0) is 4.74 Å². The minimum Gasteiger partial charge on any atom is -0.461 e. The number of nitrogens with zero attached hydrogens (tertiary/aromatic N) is 1. The summed E-state index contributed by atoms with van der Waals surface area (Å²) in [6.45, 7) is 4.30. The second-order valence-corrected chi connectivity index (χ2v) is 4.18. The third-order valence-electron chi connectivity index (χ3n) is 2.69. The molecule has 5 nitrogen and oxygen atoms in total. The molecule has 0 radical (unpaired) electrons. The highest BCUT2D eigenvalue weighted by molar-refractivity contribution is 5.87. The fourth-order valence-electron chi connectivity index (χ4n) is 1.83. The van der Waals surface area contributed by atoms with E-state index in [0.717, 1.165) is 18.8 Å². The standard InChI is InChI=1S/C11H16N2O3/c1-3-15-10(14)9-6-16-11(13-9)12-8-4-7(2)5-8/h6-8H,3-5H2,1-2H3,(H,12,13). The molecule has 1 aromatic rings. The van der Waals surface area contributed by atoms with Gasteiger partial charge in [-0.15, -0.1) is 0 Å². The van der Waals surface area contributed by atoms with E-state index in [1.807, 2.05) is 0 Å². The summed E-state index contributed by atoms with van der Waals surface area (Å²) in [6.07, 6.45) is 3.57. The molecule has 5 heteroatoms. The number of carbonyl (C=O) groups excluding carboxylic acids is 1. The normalized spacial score (nSPS) is 23.6. The first-order chi connectivity index (χ1) is 7.69. The van der Waals surface area contributed by atoms with Crippen LogP contribution in [0.4, 0.5) is 6.01 Å².